The SMILES string of the molecule is C=C(C)c1ccc(C)cc1-c1c(O)cc(CCCCC)c2c1OC(C)(COC)OC2=O. The summed E-state index contributed by atoms with van der Waals surface area (Å²) >= 11 is 0. The Morgan fingerprint density at radius 2 is 1.94 bits per heavy atom. The molecule has 2 aromatic carbocycles. The molecule has 1 aliphatic heterocycles. The molecule has 0 amide bonds. The molecule has 31 heavy (non-hydrogen) atoms. The first-order valence-corrected chi connectivity index (χ1v) is 10.8. The molecule has 5 nitrogen and oxygen atoms in total. The zero-order valence-electron chi connectivity index (χ0n) is 19.1. The number of fused-ring (bicyclic) bond motifs is 1. The van der Waals surface area contributed by atoms with Gasteiger partial charge in [-0.05, 0) is 49.4 Å². The van der Waals surface area contributed by atoms with Gasteiger partial charge in [0.15, 0.2) is 5.75 Å². The fourth-order valence-electron chi connectivity index (χ4n) is 4.09. The van der Waals surface area contributed by atoms with Crippen LogP contribution in [0.2, 0.25) is 0 Å². The van der Waals surface area contributed by atoms with E-state index in [0.29, 0.717) is 23.3 Å². The Morgan fingerprint density at radius 3 is 2.58 bits per heavy atom. The van der Waals surface area contributed by atoms with E-state index in [1.807, 2.05) is 32.0 Å². The first kappa shape index (κ1) is 22.9. The van der Waals surface area contributed by atoms with Gasteiger partial charge in [-0.1, -0.05) is 55.7 Å². The number of benzene rings is 2. The maximum absolute atomic E-state index is 13.2. The third kappa shape index (κ3) is 4.62. The van der Waals surface area contributed by atoms with Crippen LogP contribution in [0, 0.1) is 6.92 Å². The number of allylic oxidation sites excluding steroid dienone is 1. The van der Waals surface area contributed by atoms with E-state index in [4.69, 9.17) is 14.2 Å². The number of unbranched alkanes of at least 4 members (excludes halogenated alkanes) is 2. The number of carbonyl (C=O) groups excluding carboxylic acids is 1. The van der Waals surface area contributed by atoms with Crippen LogP contribution in [0.25, 0.3) is 16.7 Å². The van der Waals surface area contributed by atoms with Crippen molar-refractivity contribution in [3.63, 3.8) is 0 Å². The summed E-state index contributed by atoms with van der Waals surface area (Å²) < 4.78 is 17.1. The first-order valence-electron chi connectivity index (χ1n) is 10.8. The number of carbonyl (C=O) groups is 1. The Morgan fingerprint density at radius 1 is 1.19 bits per heavy atom. The summed E-state index contributed by atoms with van der Waals surface area (Å²) in [4.78, 5) is 13.2. The highest BCUT2D eigenvalue weighted by molar-refractivity contribution is 6.01. The number of aryl methyl sites for hydroxylation is 2. The van der Waals surface area contributed by atoms with Gasteiger partial charge in [0.25, 0.3) is 5.79 Å². The van der Waals surface area contributed by atoms with E-state index < -0.39 is 11.8 Å². The van der Waals surface area contributed by atoms with Gasteiger partial charge in [-0.15, -0.1) is 0 Å². The molecule has 0 spiro atoms. The molecule has 0 aromatic heterocycles. The van der Waals surface area contributed by atoms with E-state index in [1.165, 1.54) is 7.11 Å². The average Bonchev–Trinajstić information content (AvgIpc) is 2.67. The number of ether oxygens (including phenoxy) is 3. The Labute approximate surface area is 184 Å². The standard InChI is InChI=1S/C26H32O5/c1-7-8-9-10-18-14-21(27)23(20-13-17(4)11-12-19(20)16(2)3)24-22(18)25(28)31-26(5,30-24)15-29-6/h11-14,27H,2,7-10,15H2,1,3-6H3. The smallest absolute Gasteiger partial charge is 0.345 e. The van der Waals surface area contributed by atoms with Gasteiger partial charge in [0.1, 0.15) is 17.9 Å². The van der Waals surface area contributed by atoms with Gasteiger partial charge in [0.2, 0.25) is 0 Å². The van der Waals surface area contributed by atoms with Crippen molar-refractivity contribution in [2.75, 3.05) is 13.7 Å². The third-order valence-electron chi connectivity index (χ3n) is 5.53. The average molecular weight is 425 g/mol. The normalized spacial score (nSPS) is 17.6. The number of hydrogen-bond acceptors (Lipinski definition) is 5. The summed E-state index contributed by atoms with van der Waals surface area (Å²) in [5.74, 6) is -1.32. The second kappa shape index (κ2) is 9.15. The minimum atomic E-state index is -1.28. The second-order valence-electron chi connectivity index (χ2n) is 8.48. The van der Waals surface area contributed by atoms with E-state index >= 15 is 0 Å². The van der Waals surface area contributed by atoms with Gasteiger partial charge in [-0.3, -0.25) is 0 Å². The summed E-state index contributed by atoms with van der Waals surface area (Å²) in [6.45, 7) is 11.9. The first-order chi connectivity index (χ1) is 14.7. The molecule has 5 heteroatoms. The Balaban J connectivity index is 2.29. The van der Waals surface area contributed by atoms with Gasteiger partial charge in [0, 0.05) is 14.0 Å². The van der Waals surface area contributed by atoms with Crippen LogP contribution in [-0.2, 0) is 15.9 Å². The van der Waals surface area contributed by atoms with E-state index in [0.717, 1.165) is 47.1 Å². The molecule has 1 atom stereocenters. The van der Waals surface area contributed by atoms with Crippen LogP contribution in [-0.4, -0.2) is 30.6 Å². The monoisotopic (exact) mass is 424 g/mol. The molecule has 0 saturated heterocycles. The van der Waals surface area contributed by atoms with Crippen molar-refractivity contribution in [2.24, 2.45) is 0 Å². The number of cyclic esters (lactones) is 1. The molecule has 1 aliphatic rings. The highest BCUT2D eigenvalue weighted by atomic mass is 16.7. The number of rotatable bonds is 8. The zero-order chi connectivity index (χ0) is 22.8. The summed E-state index contributed by atoms with van der Waals surface area (Å²) in [5.41, 5.74) is 5.14. The minimum absolute atomic E-state index is 0.0691. The zero-order valence-corrected chi connectivity index (χ0v) is 19.1. The number of phenolic OH excluding ortho intramolecular Hbond substituents is 1. The van der Waals surface area contributed by atoms with E-state index in [-0.39, 0.29) is 12.4 Å². The lowest BCUT2D eigenvalue weighted by Gasteiger charge is -2.36. The van der Waals surface area contributed by atoms with Gasteiger partial charge in [-0.25, -0.2) is 4.79 Å². The largest absolute Gasteiger partial charge is 0.507 e. The van der Waals surface area contributed by atoms with Crippen molar-refractivity contribution in [1.29, 1.82) is 0 Å². The predicted molar refractivity (Wildman–Crippen MR) is 123 cm³/mol. The van der Waals surface area contributed by atoms with Crippen LogP contribution >= 0.6 is 0 Å². The van der Waals surface area contributed by atoms with Crippen LogP contribution in [0.3, 0.4) is 0 Å². The van der Waals surface area contributed by atoms with Crippen LogP contribution in [0.4, 0.5) is 0 Å². The van der Waals surface area contributed by atoms with Crippen molar-refractivity contribution in [1.82, 2.24) is 0 Å². The summed E-state index contributed by atoms with van der Waals surface area (Å²) in [5, 5.41) is 11.1. The summed E-state index contributed by atoms with van der Waals surface area (Å²) in [6, 6.07) is 7.63. The lowest BCUT2D eigenvalue weighted by Crippen LogP contribution is -2.46. The van der Waals surface area contributed by atoms with E-state index in [1.54, 1.807) is 13.0 Å². The summed E-state index contributed by atoms with van der Waals surface area (Å²) in [7, 11) is 1.53. The van der Waals surface area contributed by atoms with Crippen LogP contribution in [0.1, 0.15) is 67.1 Å². The number of aromatic hydroxyl groups is 1. The molecular formula is C26H32O5. The van der Waals surface area contributed by atoms with Gasteiger partial charge in [-0.2, -0.15) is 0 Å². The van der Waals surface area contributed by atoms with Crippen LogP contribution in [0.15, 0.2) is 30.8 Å². The van der Waals surface area contributed by atoms with Crippen LogP contribution in [0.5, 0.6) is 11.5 Å². The third-order valence-corrected chi connectivity index (χ3v) is 5.53. The Kier molecular flexibility index (Phi) is 6.75. The maximum Gasteiger partial charge on any atom is 0.345 e. The highest BCUT2D eigenvalue weighted by Crippen LogP contribution is 2.48. The molecule has 0 saturated carbocycles. The van der Waals surface area contributed by atoms with Gasteiger partial charge >= 0.3 is 5.97 Å². The fraction of sp³-hybridized carbons (Fsp3) is 0.423. The molecule has 1 unspecified atom stereocenters. The molecule has 0 fully saturated rings. The minimum Gasteiger partial charge on any atom is -0.507 e. The lowest BCUT2D eigenvalue weighted by atomic mass is 9.88. The van der Waals surface area contributed by atoms with Crippen molar-refractivity contribution in [3.05, 3.63) is 53.1 Å². The van der Waals surface area contributed by atoms with Gasteiger partial charge < -0.3 is 19.3 Å². The molecule has 3 rings (SSSR count). The second-order valence-corrected chi connectivity index (χ2v) is 8.48. The highest BCUT2D eigenvalue weighted by Gasteiger charge is 2.42. The topological polar surface area (TPSA) is 65.0 Å². The summed E-state index contributed by atoms with van der Waals surface area (Å²) in [6.07, 6.45) is 3.66. The van der Waals surface area contributed by atoms with Crippen molar-refractivity contribution < 1.29 is 24.1 Å². The van der Waals surface area contributed by atoms with Crippen molar-refractivity contribution in [3.8, 4) is 22.6 Å². The van der Waals surface area contributed by atoms with E-state index in [2.05, 4.69) is 13.5 Å². The van der Waals surface area contributed by atoms with Crippen molar-refractivity contribution >= 4 is 11.5 Å². The number of methoxy groups -OCH3 is 1. The number of phenols is 1. The fourth-order valence-corrected chi connectivity index (χ4v) is 4.09. The lowest BCUT2D eigenvalue weighted by molar-refractivity contribution is -0.170. The molecule has 1 heterocycles. The maximum atomic E-state index is 13.2. The molecule has 0 bridgehead atoms. The number of esters is 1. The van der Waals surface area contributed by atoms with Gasteiger partial charge in [0.05, 0.1) is 5.56 Å². The molecule has 2 aromatic rings. The Bertz CT molecular complexity index is 1010. The molecule has 0 radical (unpaired) electrons. The molecule has 166 valence electrons. The quantitative estimate of drug-likeness (QED) is 0.413. The predicted octanol–water partition coefficient (Wildman–Crippen LogP) is 6.05. The van der Waals surface area contributed by atoms with E-state index in [9.17, 15) is 9.90 Å². The molecular weight excluding hydrogens is 392 g/mol. The molecule has 0 aliphatic carbocycles. The molecule has 1 N–H and O–H groups in total. The van der Waals surface area contributed by atoms with Crippen molar-refractivity contribution in [2.45, 2.75) is 59.2 Å². The number of hydrogen-bond donors (Lipinski definition) is 1. The van der Waals surface area contributed by atoms with Crippen LogP contribution < -0.4 is 4.74 Å². The Hall–Kier alpha value is -2.79.